The van der Waals surface area contributed by atoms with Crippen LogP contribution in [0, 0.1) is 13.8 Å². The average Bonchev–Trinajstić information content (AvgIpc) is 2.29. The van der Waals surface area contributed by atoms with Crippen molar-refractivity contribution in [2.24, 2.45) is 4.99 Å². The topological polar surface area (TPSA) is 38.7 Å². The van der Waals surface area contributed by atoms with Gasteiger partial charge in [0, 0.05) is 5.56 Å². The fourth-order valence-electron chi connectivity index (χ4n) is 2.71. The fourth-order valence-corrected chi connectivity index (χ4v) is 2.94. The molecular weight excluding hydrogens is 250 g/mol. The van der Waals surface area contributed by atoms with Gasteiger partial charge in [0.2, 0.25) is 6.08 Å². The predicted octanol–water partition coefficient (Wildman–Crippen LogP) is 3.68. The summed E-state index contributed by atoms with van der Waals surface area (Å²) in [6.07, 6.45) is 4.44. The van der Waals surface area contributed by atoms with Crippen LogP contribution >= 0.6 is 11.6 Å². The van der Waals surface area contributed by atoms with Gasteiger partial charge in [-0.05, 0) is 44.2 Å². The normalized spacial score (nSPS) is 16.7. The summed E-state index contributed by atoms with van der Waals surface area (Å²) in [6.45, 7) is 3.94. The smallest absolute Gasteiger partial charge is 0.235 e. The number of isocyanates is 1. The maximum absolute atomic E-state index is 10.7. The molecule has 4 heteroatoms. The van der Waals surface area contributed by atoms with Crippen molar-refractivity contribution in [3.63, 3.8) is 0 Å². The van der Waals surface area contributed by atoms with Crippen LogP contribution in [0.4, 0.5) is 0 Å². The largest absolute Gasteiger partial charge is 0.495 e. The van der Waals surface area contributed by atoms with Crippen molar-refractivity contribution in [2.75, 3.05) is 7.11 Å². The highest BCUT2D eigenvalue weighted by Crippen LogP contribution is 2.51. The molecule has 0 N–H and O–H groups in total. The molecule has 1 saturated carbocycles. The van der Waals surface area contributed by atoms with E-state index >= 15 is 0 Å². The molecule has 0 unspecified atom stereocenters. The molecule has 1 aromatic rings. The minimum Gasteiger partial charge on any atom is -0.495 e. The lowest BCUT2D eigenvalue weighted by molar-refractivity contribution is 0.245. The third-order valence-electron chi connectivity index (χ3n) is 3.71. The molecule has 0 amide bonds. The van der Waals surface area contributed by atoms with Crippen molar-refractivity contribution in [3.05, 3.63) is 27.8 Å². The van der Waals surface area contributed by atoms with E-state index in [0.717, 1.165) is 36.0 Å². The number of aryl methyl sites for hydroxylation is 2. The maximum atomic E-state index is 10.7. The van der Waals surface area contributed by atoms with E-state index in [1.54, 1.807) is 13.2 Å². The standard InChI is InChI=1S/C14H16ClNO2/c1-9-7-10(2)12(15)13(18-3)11(9)14(16-8-17)5-4-6-14/h7H,4-6H2,1-3H3. The Hall–Kier alpha value is -1.31. The van der Waals surface area contributed by atoms with E-state index in [9.17, 15) is 4.79 Å². The highest BCUT2D eigenvalue weighted by atomic mass is 35.5. The third-order valence-corrected chi connectivity index (χ3v) is 4.18. The van der Waals surface area contributed by atoms with E-state index in [-0.39, 0.29) is 0 Å². The zero-order valence-electron chi connectivity index (χ0n) is 10.8. The molecule has 0 aromatic heterocycles. The second-order valence-electron chi connectivity index (χ2n) is 4.82. The minimum absolute atomic E-state index is 0.478. The lowest BCUT2D eigenvalue weighted by atomic mass is 9.70. The Morgan fingerprint density at radius 1 is 1.39 bits per heavy atom. The second-order valence-corrected chi connectivity index (χ2v) is 5.20. The molecule has 1 aliphatic rings. The average molecular weight is 266 g/mol. The van der Waals surface area contributed by atoms with Gasteiger partial charge < -0.3 is 4.74 Å². The van der Waals surface area contributed by atoms with Gasteiger partial charge in [0.1, 0.15) is 11.3 Å². The molecule has 2 rings (SSSR count). The van der Waals surface area contributed by atoms with Crippen LogP contribution in [0.25, 0.3) is 0 Å². The highest BCUT2D eigenvalue weighted by molar-refractivity contribution is 6.33. The number of ether oxygens (including phenoxy) is 1. The Kier molecular flexibility index (Phi) is 3.47. The minimum atomic E-state index is -0.478. The van der Waals surface area contributed by atoms with Crippen molar-refractivity contribution in [3.8, 4) is 5.75 Å². The summed E-state index contributed by atoms with van der Waals surface area (Å²) >= 11 is 6.29. The quantitative estimate of drug-likeness (QED) is 0.618. The summed E-state index contributed by atoms with van der Waals surface area (Å²) in [6, 6.07) is 2.01. The molecule has 0 radical (unpaired) electrons. The van der Waals surface area contributed by atoms with Gasteiger partial charge in [0.05, 0.1) is 12.1 Å². The third kappa shape index (κ3) is 1.84. The summed E-state index contributed by atoms with van der Waals surface area (Å²) in [4.78, 5) is 14.7. The number of aliphatic imine (C=N–C) groups is 1. The number of methoxy groups -OCH3 is 1. The second kappa shape index (κ2) is 4.75. The maximum Gasteiger partial charge on any atom is 0.235 e. The molecule has 18 heavy (non-hydrogen) atoms. The van der Waals surface area contributed by atoms with Crippen molar-refractivity contribution >= 4 is 17.7 Å². The first-order chi connectivity index (χ1) is 8.55. The van der Waals surface area contributed by atoms with Gasteiger partial charge in [0.25, 0.3) is 0 Å². The molecule has 0 aliphatic heterocycles. The van der Waals surface area contributed by atoms with Crippen LogP contribution < -0.4 is 4.74 Å². The summed E-state index contributed by atoms with van der Waals surface area (Å²) in [5, 5.41) is 0.602. The number of benzene rings is 1. The predicted molar refractivity (Wildman–Crippen MR) is 71.1 cm³/mol. The fraction of sp³-hybridized carbons (Fsp3) is 0.500. The summed E-state index contributed by atoms with van der Waals surface area (Å²) in [7, 11) is 1.60. The number of carbonyl (C=O) groups excluding carboxylic acids is 1. The van der Waals surface area contributed by atoms with Gasteiger partial charge in [-0.3, -0.25) is 0 Å². The zero-order chi connectivity index (χ0) is 13.3. The molecule has 0 heterocycles. The molecule has 1 fully saturated rings. The zero-order valence-corrected chi connectivity index (χ0v) is 11.6. The lowest BCUT2D eigenvalue weighted by Crippen LogP contribution is -2.33. The Bertz CT molecular complexity index is 529. The summed E-state index contributed by atoms with van der Waals surface area (Å²) in [5.41, 5.74) is 2.50. The van der Waals surface area contributed by atoms with Crippen LogP contribution in [-0.2, 0) is 10.3 Å². The van der Waals surface area contributed by atoms with Crippen molar-refractivity contribution in [1.82, 2.24) is 0 Å². The molecule has 1 aromatic carbocycles. The van der Waals surface area contributed by atoms with Crippen LogP contribution in [0.5, 0.6) is 5.75 Å². The van der Waals surface area contributed by atoms with Crippen molar-refractivity contribution in [1.29, 1.82) is 0 Å². The van der Waals surface area contributed by atoms with Gasteiger partial charge >= 0.3 is 0 Å². The summed E-state index contributed by atoms with van der Waals surface area (Å²) < 4.78 is 5.44. The molecule has 0 bridgehead atoms. The summed E-state index contributed by atoms with van der Waals surface area (Å²) in [5.74, 6) is 0.646. The first-order valence-electron chi connectivity index (χ1n) is 5.99. The number of halogens is 1. The first kappa shape index (κ1) is 13.1. The lowest BCUT2D eigenvalue weighted by Gasteiger charge is -2.39. The molecular formula is C14H16ClNO2. The monoisotopic (exact) mass is 265 g/mol. The Morgan fingerprint density at radius 3 is 2.50 bits per heavy atom. The number of hydrogen-bond donors (Lipinski definition) is 0. The van der Waals surface area contributed by atoms with Crippen LogP contribution in [0.3, 0.4) is 0 Å². The SMILES string of the molecule is COc1c(Cl)c(C)cc(C)c1C1(N=C=O)CCC1. The van der Waals surface area contributed by atoms with Gasteiger partial charge in [-0.25, -0.2) is 4.79 Å². The first-order valence-corrected chi connectivity index (χ1v) is 6.37. The van der Waals surface area contributed by atoms with Crippen molar-refractivity contribution in [2.45, 2.75) is 38.6 Å². The van der Waals surface area contributed by atoms with Gasteiger partial charge in [0.15, 0.2) is 0 Å². The molecule has 0 spiro atoms. The van der Waals surface area contributed by atoms with Crippen LogP contribution in [-0.4, -0.2) is 13.2 Å². The Labute approximate surface area is 112 Å². The molecule has 0 saturated heterocycles. The van der Waals surface area contributed by atoms with Crippen LogP contribution in [0.2, 0.25) is 5.02 Å². The van der Waals surface area contributed by atoms with E-state index in [4.69, 9.17) is 16.3 Å². The number of hydrogen-bond acceptors (Lipinski definition) is 3. The Morgan fingerprint density at radius 2 is 2.06 bits per heavy atom. The van der Waals surface area contributed by atoms with E-state index < -0.39 is 5.54 Å². The van der Waals surface area contributed by atoms with E-state index in [2.05, 4.69) is 4.99 Å². The molecule has 0 atom stereocenters. The molecule has 1 aliphatic carbocycles. The molecule has 3 nitrogen and oxygen atoms in total. The van der Waals surface area contributed by atoms with Gasteiger partial charge in [-0.1, -0.05) is 17.7 Å². The van der Waals surface area contributed by atoms with Crippen LogP contribution in [0.1, 0.15) is 36.0 Å². The number of nitrogens with zero attached hydrogens (tertiary/aromatic N) is 1. The van der Waals surface area contributed by atoms with Crippen molar-refractivity contribution < 1.29 is 9.53 Å². The van der Waals surface area contributed by atoms with E-state index in [0.29, 0.717) is 10.8 Å². The van der Waals surface area contributed by atoms with Gasteiger partial charge in [-0.15, -0.1) is 0 Å². The van der Waals surface area contributed by atoms with Gasteiger partial charge in [-0.2, -0.15) is 4.99 Å². The Balaban J connectivity index is 2.70. The molecule has 96 valence electrons. The van der Waals surface area contributed by atoms with E-state index in [1.807, 2.05) is 19.9 Å². The van der Waals surface area contributed by atoms with Crippen LogP contribution in [0.15, 0.2) is 11.1 Å². The van der Waals surface area contributed by atoms with E-state index in [1.165, 1.54) is 0 Å². The highest BCUT2D eigenvalue weighted by Gasteiger charge is 2.42. The number of rotatable bonds is 3.